The van der Waals surface area contributed by atoms with E-state index in [0.717, 1.165) is 9.55 Å². The summed E-state index contributed by atoms with van der Waals surface area (Å²) in [6, 6.07) is 3.98. The monoisotopic (exact) mass is 337 g/mol. The Morgan fingerprint density at radius 2 is 1.61 bits per heavy atom. The molecule has 0 amide bonds. The second-order valence-corrected chi connectivity index (χ2v) is 9.28. The maximum atomic E-state index is 10.1. The van der Waals surface area contributed by atoms with Crippen LogP contribution in [0.5, 0.6) is 0 Å². The van der Waals surface area contributed by atoms with Crippen molar-refractivity contribution in [1.82, 2.24) is 0 Å². The van der Waals surface area contributed by atoms with Gasteiger partial charge in [-0.15, -0.1) is 0 Å². The standard InChI is InChI=1S/C16H27B2O4S/c1-13(2,19)14(3,4)20-17-11-9-10-12(23-11)18-21-15(5,6)16(7,8)22-18/h9-10,19H,1-8H3. The van der Waals surface area contributed by atoms with Crippen LogP contribution >= 0.6 is 11.3 Å². The summed E-state index contributed by atoms with van der Waals surface area (Å²) in [5, 5.41) is 10.1. The maximum Gasteiger partial charge on any atom is 0.505 e. The fourth-order valence-corrected chi connectivity index (χ4v) is 2.70. The van der Waals surface area contributed by atoms with Crippen LogP contribution in [0.4, 0.5) is 0 Å². The van der Waals surface area contributed by atoms with Crippen LogP contribution in [-0.2, 0) is 14.0 Å². The Morgan fingerprint density at radius 3 is 2.09 bits per heavy atom. The molecule has 1 N–H and O–H groups in total. The SMILES string of the molecule is CC(C)(O)C(C)(C)O[B]c1ccc(B2OC(C)(C)C(C)(C)O2)s1. The molecule has 4 nitrogen and oxygen atoms in total. The first-order valence-electron chi connectivity index (χ1n) is 7.94. The van der Waals surface area contributed by atoms with Crippen molar-refractivity contribution in [2.75, 3.05) is 0 Å². The van der Waals surface area contributed by atoms with Gasteiger partial charge in [0.2, 0.25) is 0 Å². The highest BCUT2D eigenvalue weighted by atomic mass is 32.1. The van der Waals surface area contributed by atoms with Gasteiger partial charge in [0.1, 0.15) is 0 Å². The van der Waals surface area contributed by atoms with Gasteiger partial charge in [-0.1, -0.05) is 12.1 Å². The zero-order valence-corrected chi connectivity index (χ0v) is 16.2. The molecule has 1 saturated heterocycles. The maximum absolute atomic E-state index is 10.1. The van der Waals surface area contributed by atoms with Gasteiger partial charge in [0.05, 0.1) is 22.4 Å². The van der Waals surface area contributed by atoms with Crippen LogP contribution in [0.15, 0.2) is 12.1 Å². The minimum Gasteiger partial charge on any atom is -0.426 e. The van der Waals surface area contributed by atoms with Crippen LogP contribution in [0.25, 0.3) is 0 Å². The van der Waals surface area contributed by atoms with Gasteiger partial charge >= 0.3 is 14.6 Å². The molecule has 2 heterocycles. The van der Waals surface area contributed by atoms with Crippen LogP contribution in [0.1, 0.15) is 55.4 Å². The third kappa shape index (κ3) is 3.85. The molecule has 1 aromatic rings. The molecule has 1 fully saturated rings. The van der Waals surface area contributed by atoms with Gasteiger partial charge in [-0.3, -0.25) is 0 Å². The molecule has 0 atom stereocenters. The molecule has 0 aromatic carbocycles. The van der Waals surface area contributed by atoms with Crippen LogP contribution in [0.2, 0.25) is 0 Å². The largest absolute Gasteiger partial charge is 0.505 e. The van der Waals surface area contributed by atoms with E-state index < -0.39 is 11.2 Å². The predicted molar refractivity (Wildman–Crippen MR) is 96.9 cm³/mol. The molecule has 1 aliphatic heterocycles. The van der Waals surface area contributed by atoms with Crippen molar-refractivity contribution in [2.24, 2.45) is 0 Å². The molecule has 1 radical (unpaired) electrons. The first kappa shape index (κ1) is 19.0. The van der Waals surface area contributed by atoms with Crippen molar-refractivity contribution in [3.05, 3.63) is 12.1 Å². The minimum absolute atomic E-state index is 0.342. The summed E-state index contributed by atoms with van der Waals surface area (Å²) in [7, 11) is 1.34. The van der Waals surface area contributed by atoms with E-state index in [9.17, 15) is 5.11 Å². The van der Waals surface area contributed by atoms with Crippen molar-refractivity contribution in [3.63, 3.8) is 0 Å². The molecule has 23 heavy (non-hydrogen) atoms. The molecule has 2 rings (SSSR count). The quantitative estimate of drug-likeness (QED) is 0.834. The van der Waals surface area contributed by atoms with E-state index in [4.69, 9.17) is 14.0 Å². The normalized spacial score (nSPS) is 20.8. The Kier molecular flexibility index (Phi) is 4.86. The summed E-state index contributed by atoms with van der Waals surface area (Å²) >= 11 is 1.57. The molecule has 7 heteroatoms. The van der Waals surface area contributed by atoms with Crippen molar-refractivity contribution in [3.8, 4) is 0 Å². The third-order valence-corrected chi connectivity index (χ3v) is 6.11. The first-order chi connectivity index (χ1) is 10.3. The predicted octanol–water partition coefficient (Wildman–Crippen LogP) is 1.86. The Balaban J connectivity index is 2.03. The average Bonchev–Trinajstić information content (AvgIpc) is 2.89. The van der Waals surface area contributed by atoms with Crippen LogP contribution in [0, 0.1) is 0 Å². The number of aliphatic hydroxyl groups is 1. The summed E-state index contributed by atoms with van der Waals surface area (Å²) in [6.45, 7) is 15.4. The second kappa shape index (κ2) is 5.88. The minimum atomic E-state index is -0.935. The average molecular weight is 337 g/mol. The number of hydrogen-bond donors (Lipinski definition) is 1. The van der Waals surface area contributed by atoms with E-state index in [0.29, 0.717) is 0 Å². The van der Waals surface area contributed by atoms with E-state index >= 15 is 0 Å². The van der Waals surface area contributed by atoms with Gasteiger partial charge in [-0.05, 0) is 60.2 Å². The Morgan fingerprint density at radius 1 is 1.09 bits per heavy atom. The highest BCUT2D eigenvalue weighted by molar-refractivity contribution is 7.29. The molecule has 0 saturated carbocycles. The van der Waals surface area contributed by atoms with Gasteiger partial charge in [-0.25, -0.2) is 0 Å². The first-order valence-corrected chi connectivity index (χ1v) is 8.76. The molecule has 0 aliphatic carbocycles. The summed E-state index contributed by atoms with van der Waals surface area (Å²) in [5.74, 6) is 0. The van der Waals surface area contributed by atoms with Crippen LogP contribution in [-0.4, -0.2) is 42.1 Å². The van der Waals surface area contributed by atoms with Gasteiger partial charge in [0, 0.05) is 4.78 Å². The highest BCUT2D eigenvalue weighted by Gasteiger charge is 2.52. The molecule has 0 bridgehead atoms. The summed E-state index contributed by atoms with van der Waals surface area (Å²) < 4.78 is 19.9. The second-order valence-electron chi connectivity index (χ2n) is 8.13. The number of hydrogen-bond acceptors (Lipinski definition) is 5. The Bertz CT molecular complexity index is 545. The Hall–Kier alpha value is -0.330. The zero-order valence-electron chi connectivity index (χ0n) is 15.4. The fraction of sp³-hybridized carbons (Fsp3) is 0.750. The van der Waals surface area contributed by atoms with Crippen molar-refractivity contribution >= 4 is 35.5 Å². The van der Waals surface area contributed by atoms with Crippen LogP contribution in [0.3, 0.4) is 0 Å². The Labute approximate surface area is 144 Å². The summed E-state index contributed by atoms with van der Waals surface area (Å²) in [6.07, 6.45) is 0. The molecular formula is C16H27B2O4S. The lowest BCUT2D eigenvalue weighted by Crippen LogP contribution is -2.49. The fourth-order valence-electron chi connectivity index (χ4n) is 1.87. The van der Waals surface area contributed by atoms with Gasteiger partial charge < -0.3 is 19.1 Å². The zero-order chi connectivity index (χ0) is 17.7. The van der Waals surface area contributed by atoms with Crippen molar-refractivity contribution < 1.29 is 19.1 Å². The molecule has 0 unspecified atom stereocenters. The lowest BCUT2D eigenvalue weighted by Gasteiger charge is -2.37. The van der Waals surface area contributed by atoms with Crippen LogP contribution < -0.4 is 9.55 Å². The smallest absolute Gasteiger partial charge is 0.426 e. The molecule has 1 aromatic heterocycles. The van der Waals surface area contributed by atoms with E-state index in [-0.39, 0.29) is 18.3 Å². The third-order valence-electron chi connectivity index (χ3n) is 5.08. The number of rotatable bonds is 5. The topological polar surface area (TPSA) is 47.9 Å². The summed E-state index contributed by atoms with van der Waals surface area (Å²) in [5.41, 5.74) is -2.30. The van der Waals surface area contributed by atoms with E-state index in [1.807, 2.05) is 53.7 Å². The van der Waals surface area contributed by atoms with Crippen molar-refractivity contribution in [1.29, 1.82) is 0 Å². The van der Waals surface area contributed by atoms with E-state index in [1.54, 1.807) is 32.7 Å². The molecule has 1 aliphatic rings. The van der Waals surface area contributed by atoms with E-state index in [1.165, 1.54) is 0 Å². The van der Waals surface area contributed by atoms with Gasteiger partial charge in [0.25, 0.3) is 0 Å². The van der Waals surface area contributed by atoms with Gasteiger partial charge in [-0.2, -0.15) is 11.3 Å². The lowest BCUT2D eigenvalue weighted by molar-refractivity contribution is -0.0892. The molecule has 127 valence electrons. The molecule has 0 spiro atoms. The summed E-state index contributed by atoms with van der Waals surface area (Å²) in [4.78, 5) is 0. The van der Waals surface area contributed by atoms with Crippen molar-refractivity contribution in [2.45, 2.75) is 77.8 Å². The van der Waals surface area contributed by atoms with Gasteiger partial charge in [0.15, 0.2) is 0 Å². The molecular weight excluding hydrogens is 310 g/mol. The highest BCUT2D eigenvalue weighted by Crippen LogP contribution is 2.36. The number of thiophene rings is 1. The van der Waals surface area contributed by atoms with E-state index in [2.05, 4.69) is 0 Å². The lowest BCUT2D eigenvalue weighted by atomic mass is 9.85.